The number of aryl methyl sites for hydroxylation is 1. The summed E-state index contributed by atoms with van der Waals surface area (Å²) < 4.78 is 1.92. The lowest BCUT2D eigenvalue weighted by Crippen LogP contribution is -2.17. The molecule has 2 rings (SSSR count). The quantitative estimate of drug-likeness (QED) is 0.941. The molecule has 2 aromatic rings. The molecule has 4 heteroatoms. The smallest absolute Gasteiger partial charge is 0.0681 e. The summed E-state index contributed by atoms with van der Waals surface area (Å²) in [7, 11) is 1.96. The highest BCUT2D eigenvalue weighted by Gasteiger charge is 2.24. The van der Waals surface area contributed by atoms with Crippen LogP contribution in [0, 0.1) is 0 Å². The number of hydrogen-bond acceptors (Lipinski definition) is 2. The Morgan fingerprint density at radius 1 is 1.30 bits per heavy atom. The van der Waals surface area contributed by atoms with E-state index in [4.69, 9.17) is 17.3 Å². The maximum atomic E-state index is 6.31. The zero-order valence-corrected chi connectivity index (χ0v) is 13.3. The highest BCUT2D eigenvalue weighted by molar-refractivity contribution is 6.31. The Bertz CT molecular complexity index is 596. The van der Waals surface area contributed by atoms with Gasteiger partial charge in [0.1, 0.15) is 0 Å². The first kappa shape index (κ1) is 15.1. The minimum atomic E-state index is 0.0235. The van der Waals surface area contributed by atoms with Crippen LogP contribution >= 0.6 is 11.6 Å². The molecule has 0 saturated carbocycles. The molecule has 0 aliphatic rings. The van der Waals surface area contributed by atoms with Crippen molar-refractivity contribution in [2.45, 2.75) is 32.1 Å². The summed E-state index contributed by atoms with van der Waals surface area (Å²) in [4.78, 5) is 0. The lowest BCUT2D eigenvalue weighted by atomic mass is 9.90. The van der Waals surface area contributed by atoms with Crippen LogP contribution in [0.5, 0.6) is 0 Å². The molecule has 0 aliphatic carbocycles. The maximum absolute atomic E-state index is 6.31. The standard InChI is InChI=1S/C16H22ClN3/c1-16(2,3)15-9-14(20(4)19-15)12(10-18)11-7-5-6-8-13(11)17/h5-9,12H,10,18H2,1-4H3. The van der Waals surface area contributed by atoms with Gasteiger partial charge in [-0.15, -0.1) is 0 Å². The van der Waals surface area contributed by atoms with E-state index in [0.717, 1.165) is 22.0 Å². The van der Waals surface area contributed by atoms with E-state index in [0.29, 0.717) is 6.54 Å². The molecule has 1 heterocycles. The van der Waals surface area contributed by atoms with Crippen molar-refractivity contribution in [2.24, 2.45) is 12.8 Å². The van der Waals surface area contributed by atoms with Crippen LogP contribution in [-0.4, -0.2) is 16.3 Å². The first-order chi connectivity index (χ1) is 9.34. The molecule has 0 fully saturated rings. The van der Waals surface area contributed by atoms with Gasteiger partial charge in [-0.25, -0.2) is 0 Å². The fourth-order valence-electron chi connectivity index (χ4n) is 2.34. The molecule has 1 unspecified atom stereocenters. The third-order valence-corrected chi connectivity index (χ3v) is 3.90. The molecule has 3 nitrogen and oxygen atoms in total. The van der Waals surface area contributed by atoms with E-state index >= 15 is 0 Å². The lowest BCUT2D eigenvalue weighted by molar-refractivity contribution is 0.550. The van der Waals surface area contributed by atoms with Crippen molar-refractivity contribution in [3.8, 4) is 0 Å². The van der Waals surface area contributed by atoms with Crippen LogP contribution in [0.1, 0.15) is 43.6 Å². The number of benzene rings is 1. The topological polar surface area (TPSA) is 43.8 Å². The monoisotopic (exact) mass is 291 g/mol. The van der Waals surface area contributed by atoms with Gasteiger partial charge in [0.15, 0.2) is 0 Å². The zero-order chi connectivity index (χ0) is 14.9. The molecule has 0 bridgehead atoms. The summed E-state index contributed by atoms with van der Waals surface area (Å²) >= 11 is 6.31. The molecule has 1 atom stereocenters. The molecule has 1 aromatic heterocycles. The summed E-state index contributed by atoms with van der Waals surface area (Å²) in [5.74, 6) is 0.0669. The van der Waals surface area contributed by atoms with Gasteiger partial charge in [-0.05, 0) is 17.7 Å². The first-order valence-corrected chi connectivity index (χ1v) is 7.21. The van der Waals surface area contributed by atoms with E-state index < -0.39 is 0 Å². The van der Waals surface area contributed by atoms with Gasteiger partial charge in [0.2, 0.25) is 0 Å². The molecule has 0 aliphatic heterocycles. The van der Waals surface area contributed by atoms with Crippen molar-refractivity contribution in [3.63, 3.8) is 0 Å². The number of rotatable bonds is 3. The second-order valence-electron chi connectivity index (χ2n) is 6.14. The Labute approximate surface area is 125 Å². The van der Waals surface area contributed by atoms with Crippen molar-refractivity contribution in [3.05, 3.63) is 52.3 Å². The predicted molar refractivity (Wildman–Crippen MR) is 84.3 cm³/mol. The van der Waals surface area contributed by atoms with Crippen molar-refractivity contribution < 1.29 is 0 Å². The van der Waals surface area contributed by atoms with Gasteiger partial charge in [-0.1, -0.05) is 50.6 Å². The third kappa shape index (κ3) is 2.89. The fraction of sp³-hybridized carbons (Fsp3) is 0.438. The number of aromatic nitrogens is 2. The highest BCUT2D eigenvalue weighted by Crippen LogP contribution is 2.31. The average molecular weight is 292 g/mol. The molecule has 0 spiro atoms. The zero-order valence-electron chi connectivity index (χ0n) is 12.5. The molecule has 1 aromatic carbocycles. The molecule has 0 amide bonds. The maximum Gasteiger partial charge on any atom is 0.0681 e. The van der Waals surface area contributed by atoms with Crippen LogP contribution < -0.4 is 5.73 Å². The fourth-order valence-corrected chi connectivity index (χ4v) is 2.61. The van der Waals surface area contributed by atoms with Crippen molar-refractivity contribution in [1.29, 1.82) is 0 Å². The van der Waals surface area contributed by atoms with Crippen molar-refractivity contribution >= 4 is 11.6 Å². The summed E-state index contributed by atoms with van der Waals surface area (Å²) in [6.07, 6.45) is 0. The van der Waals surface area contributed by atoms with E-state index in [2.05, 4.69) is 31.9 Å². The van der Waals surface area contributed by atoms with E-state index in [9.17, 15) is 0 Å². The van der Waals surface area contributed by atoms with Gasteiger partial charge in [0.25, 0.3) is 0 Å². The van der Waals surface area contributed by atoms with Gasteiger partial charge < -0.3 is 5.73 Å². The van der Waals surface area contributed by atoms with E-state index in [1.165, 1.54) is 0 Å². The molecule has 0 saturated heterocycles. The number of nitrogens with zero attached hydrogens (tertiary/aromatic N) is 2. The minimum absolute atomic E-state index is 0.0235. The molecule has 108 valence electrons. The van der Waals surface area contributed by atoms with Gasteiger partial charge in [0.05, 0.1) is 5.69 Å². The second-order valence-corrected chi connectivity index (χ2v) is 6.55. The summed E-state index contributed by atoms with van der Waals surface area (Å²) in [5.41, 5.74) is 9.24. The van der Waals surface area contributed by atoms with Crippen LogP contribution in [0.15, 0.2) is 30.3 Å². The Balaban J connectivity index is 2.48. The van der Waals surface area contributed by atoms with Crippen LogP contribution in [0.3, 0.4) is 0 Å². The summed E-state index contributed by atoms with van der Waals surface area (Å²) in [6.45, 7) is 6.98. The normalized spacial score (nSPS) is 13.5. The van der Waals surface area contributed by atoms with Gasteiger partial charge >= 0.3 is 0 Å². The van der Waals surface area contributed by atoms with E-state index in [1.54, 1.807) is 0 Å². The van der Waals surface area contributed by atoms with E-state index in [-0.39, 0.29) is 11.3 Å². The van der Waals surface area contributed by atoms with E-state index in [1.807, 2.05) is 36.0 Å². The number of hydrogen-bond donors (Lipinski definition) is 1. The third-order valence-electron chi connectivity index (χ3n) is 3.56. The molecule has 2 N–H and O–H groups in total. The summed E-state index contributed by atoms with van der Waals surface area (Å²) in [5, 5.41) is 5.38. The molecule has 20 heavy (non-hydrogen) atoms. The Hall–Kier alpha value is -1.32. The molecular weight excluding hydrogens is 270 g/mol. The van der Waals surface area contributed by atoms with Crippen LogP contribution in [0.2, 0.25) is 5.02 Å². The van der Waals surface area contributed by atoms with Gasteiger partial charge in [0, 0.05) is 35.6 Å². The number of nitrogens with two attached hydrogens (primary N) is 1. The predicted octanol–water partition coefficient (Wildman–Crippen LogP) is 3.46. The molecule has 0 radical (unpaired) electrons. The highest BCUT2D eigenvalue weighted by atomic mass is 35.5. The van der Waals surface area contributed by atoms with Crippen molar-refractivity contribution in [2.75, 3.05) is 6.54 Å². The average Bonchev–Trinajstić information content (AvgIpc) is 2.75. The second kappa shape index (κ2) is 5.58. The Morgan fingerprint density at radius 3 is 2.45 bits per heavy atom. The minimum Gasteiger partial charge on any atom is -0.329 e. The Morgan fingerprint density at radius 2 is 1.95 bits per heavy atom. The van der Waals surface area contributed by atoms with Crippen LogP contribution in [0.25, 0.3) is 0 Å². The van der Waals surface area contributed by atoms with Crippen LogP contribution in [-0.2, 0) is 12.5 Å². The van der Waals surface area contributed by atoms with Gasteiger partial charge in [-0.2, -0.15) is 5.10 Å². The van der Waals surface area contributed by atoms with Gasteiger partial charge in [-0.3, -0.25) is 4.68 Å². The Kier molecular flexibility index (Phi) is 4.21. The number of halogens is 1. The first-order valence-electron chi connectivity index (χ1n) is 6.83. The summed E-state index contributed by atoms with van der Waals surface area (Å²) in [6, 6.07) is 10.00. The SMILES string of the molecule is Cn1nc(C(C)(C)C)cc1C(CN)c1ccccc1Cl. The largest absolute Gasteiger partial charge is 0.329 e. The lowest BCUT2D eigenvalue weighted by Gasteiger charge is -2.17. The van der Waals surface area contributed by atoms with Crippen LogP contribution in [0.4, 0.5) is 0 Å². The van der Waals surface area contributed by atoms with Crippen molar-refractivity contribution in [1.82, 2.24) is 9.78 Å². The molecular formula is C16H22ClN3.